The maximum atomic E-state index is 12.3. The number of rotatable bonds is 6. The van der Waals surface area contributed by atoms with Crippen molar-refractivity contribution in [2.45, 2.75) is 37.5 Å². The summed E-state index contributed by atoms with van der Waals surface area (Å²) in [6.45, 7) is 1.72. The zero-order valence-electron chi connectivity index (χ0n) is 16.7. The van der Waals surface area contributed by atoms with E-state index in [1.165, 1.54) is 18.2 Å². The van der Waals surface area contributed by atoms with Gasteiger partial charge in [-0.1, -0.05) is 29.3 Å². The summed E-state index contributed by atoms with van der Waals surface area (Å²) in [5.74, 6) is -0.613. The number of fused-ring (bicyclic) bond motifs is 3. The molecule has 1 aromatic heterocycles. The van der Waals surface area contributed by atoms with E-state index in [9.17, 15) is 18.0 Å². The molecule has 1 N–H and O–H groups in total. The predicted molar refractivity (Wildman–Crippen MR) is 116 cm³/mol. The topological polar surface area (TPSA) is 103 Å². The Morgan fingerprint density at radius 2 is 1.87 bits per heavy atom. The van der Waals surface area contributed by atoms with Crippen LogP contribution in [0.25, 0.3) is 11.0 Å². The lowest BCUT2D eigenvalue weighted by atomic mass is 10.1. The molecule has 4 rings (SSSR count). The van der Waals surface area contributed by atoms with Gasteiger partial charge in [0.1, 0.15) is 5.58 Å². The van der Waals surface area contributed by atoms with Gasteiger partial charge in [0.2, 0.25) is 10.0 Å². The van der Waals surface area contributed by atoms with Crippen LogP contribution < -0.4 is 15.1 Å². The third-order valence-corrected chi connectivity index (χ3v) is 6.97. The van der Waals surface area contributed by atoms with E-state index in [1.54, 1.807) is 18.2 Å². The average Bonchev–Trinajstić information content (AvgIpc) is 3.20. The van der Waals surface area contributed by atoms with Crippen LogP contribution in [0.5, 0.6) is 5.75 Å². The Balaban J connectivity index is 1.44. The Hall–Kier alpha value is -2.68. The summed E-state index contributed by atoms with van der Waals surface area (Å²) >= 11 is 6.28. The molecule has 0 atom stereocenters. The van der Waals surface area contributed by atoms with Crippen molar-refractivity contribution in [3.63, 3.8) is 0 Å². The van der Waals surface area contributed by atoms with Crippen molar-refractivity contribution in [3.8, 4) is 5.75 Å². The van der Waals surface area contributed by atoms with Gasteiger partial charge in [0.15, 0.2) is 5.75 Å². The second kappa shape index (κ2) is 8.45. The largest absolute Gasteiger partial charge is 0.425 e. The predicted octanol–water partition coefficient (Wildman–Crippen LogP) is 3.52. The minimum Gasteiger partial charge on any atom is -0.425 e. The van der Waals surface area contributed by atoms with Crippen molar-refractivity contribution < 1.29 is 22.4 Å². The Kier molecular flexibility index (Phi) is 5.88. The number of sulfonamides is 1. The van der Waals surface area contributed by atoms with Crippen LogP contribution in [0, 0.1) is 6.92 Å². The molecule has 1 heterocycles. The van der Waals surface area contributed by atoms with Gasteiger partial charge in [-0.05, 0) is 49.9 Å². The molecule has 0 bridgehead atoms. The summed E-state index contributed by atoms with van der Waals surface area (Å²) in [5.41, 5.74) is 2.46. The molecule has 31 heavy (non-hydrogen) atoms. The number of carbonyl (C=O) groups is 1. The molecule has 0 spiro atoms. The molecular formula is C22H20ClNO6S. The Morgan fingerprint density at radius 3 is 2.61 bits per heavy atom. The van der Waals surface area contributed by atoms with Crippen molar-refractivity contribution >= 4 is 38.6 Å². The monoisotopic (exact) mass is 461 g/mol. The zero-order valence-corrected chi connectivity index (χ0v) is 18.3. The van der Waals surface area contributed by atoms with E-state index in [4.69, 9.17) is 20.8 Å². The van der Waals surface area contributed by atoms with Gasteiger partial charge in [-0.15, -0.1) is 0 Å². The Morgan fingerprint density at radius 1 is 1.16 bits per heavy atom. The van der Waals surface area contributed by atoms with Gasteiger partial charge < -0.3 is 9.15 Å². The standard InChI is InChI=1S/C22H20ClNO6S/c1-13-5-7-14(8-6-13)31(27,28)24-10-9-21(25)29-20-12-19-17(11-18(20)23)15-3-2-4-16(15)22(26)30-19/h5-8,11-12,24H,2-4,9-10H2,1H3. The quantitative estimate of drug-likeness (QED) is 0.342. The van der Waals surface area contributed by atoms with Gasteiger partial charge in [-0.2, -0.15) is 0 Å². The third kappa shape index (κ3) is 4.51. The molecule has 0 unspecified atom stereocenters. The molecule has 0 saturated carbocycles. The highest BCUT2D eigenvalue weighted by atomic mass is 35.5. The normalized spacial score (nSPS) is 13.4. The van der Waals surface area contributed by atoms with Gasteiger partial charge >= 0.3 is 11.6 Å². The number of esters is 1. The maximum absolute atomic E-state index is 12.3. The molecule has 0 saturated heterocycles. The number of ether oxygens (including phenoxy) is 1. The first-order valence-electron chi connectivity index (χ1n) is 9.80. The summed E-state index contributed by atoms with van der Waals surface area (Å²) in [6.07, 6.45) is 2.13. The number of aryl methyl sites for hydroxylation is 2. The fourth-order valence-corrected chi connectivity index (χ4v) is 4.86. The lowest BCUT2D eigenvalue weighted by Crippen LogP contribution is -2.27. The summed E-state index contributed by atoms with van der Waals surface area (Å²) in [5, 5.41) is 0.951. The lowest BCUT2D eigenvalue weighted by molar-refractivity contribution is -0.134. The van der Waals surface area contributed by atoms with E-state index in [0.29, 0.717) is 17.6 Å². The van der Waals surface area contributed by atoms with Crippen LogP contribution in [-0.4, -0.2) is 20.9 Å². The molecule has 2 aromatic carbocycles. The number of carbonyl (C=O) groups excluding carboxylic acids is 1. The summed E-state index contributed by atoms with van der Waals surface area (Å²) in [6, 6.07) is 9.43. The molecule has 0 radical (unpaired) electrons. The molecule has 1 aliphatic carbocycles. The molecule has 9 heteroatoms. The molecule has 162 valence electrons. The van der Waals surface area contributed by atoms with Crippen molar-refractivity contribution in [1.29, 1.82) is 0 Å². The first-order valence-corrected chi connectivity index (χ1v) is 11.7. The molecule has 3 aromatic rings. The number of hydrogen-bond acceptors (Lipinski definition) is 6. The van der Waals surface area contributed by atoms with Gasteiger partial charge in [-0.25, -0.2) is 17.9 Å². The van der Waals surface area contributed by atoms with E-state index in [-0.39, 0.29) is 34.3 Å². The van der Waals surface area contributed by atoms with Crippen molar-refractivity contribution in [1.82, 2.24) is 4.72 Å². The van der Waals surface area contributed by atoms with Crippen molar-refractivity contribution in [3.05, 3.63) is 68.5 Å². The first kappa shape index (κ1) is 21.5. The van der Waals surface area contributed by atoms with E-state index in [0.717, 1.165) is 29.4 Å². The highest BCUT2D eigenvalue weighted by Gasteiger charge is 2.21. The van der Waals surface area contributed by atoms with Crippen LogP contribution in [0.2, 0.25) is 5.02 Å². The van der Waals surface area contributed by atoms with Gasteiger partial charge in [0.05, 0.1) is 16.3 Å². The van der Waals surface area contributed by atoms with E-state index < -0.39 is 16.0 Å². The van der Waals surface area contributed by atoms with E-state index >= 15 is 0 Å². The van der Waals surface area contributed by atoms with Crippen LogP contribution in [0.4, 0.5) is 0 Å². The second-order valence-corrected chi connectivity index (χ2v) is 9.59. The molecule has 0 aliphatic heterocycles. The van der Waals surface area contributed by atoms with Crippen LogP contribution in [-0.2, 0) is 27.7 Å². The van der Waals surface area contributed by atoms with Gasteiger partial charge in [0.25, 0.3) is 0 Å². The number of nitrogens with one attached hydrogen (secondary N) is 1. The fraction of sp³-hybridized carbons (Fsp3) is 0.273. The Bertz CT molecular complexity index is 1330. The molecular weight excluding hydrogens is 442 g/mol. The summed E-state index contributed by atoms with van der Waals surface area (Å²) < 4.78 is 37.6. The number of halogens is 1. The van der Waals surface area contributed by atoms with Crippen molar-refractivity contribution in [2.24, 2.45) is 0 Å². The van der Waals surface area contributed by atoms with Gasteiger partial charge in [0, 0.05) is 23.6 Å². The summed E-state index contributed by atoms with van der Waals surface area (Å²) in [7, 11) is -3.73. The molecule has 0 amide bonds. The minimum atomic E-state index is -3.73. The first-order chi connectivity index (χ1) is 14.7. The third-order valence-electron chi connectivity index (χ3n) is 5.20. The highest BCUT2D eigenvalue weighted by Crippen LogP contribution is 2.34. The molecule has 7 nitrogen and oxygen atoms in total. The van der Waals surface area contributed by atoms with E-state index in [2.05, 4.69) is 4.72 Å². The molecule has 0 fully saturated rings. The average molecular weight is 462 g/mol. The highest BCUT2D eigenvalue weighted by molar-refractivity contribution is 7.89. The van der Waals surface area contributed by atoms with Crippen LogP contribution in [0.15, 0.2) is 50.5 Å². The van der Waals surface area contributed by atoms with Gasteiger partial charge in [-0.3, -0.25) is 4.79 Å². The van der Waals surface area contributed by atoms with Crippen molar-refractivity contribution in [2.75, 3.05) is 6.54 Å². The zero-order chi connectivity index (χ0) is 22.2. The number of hydrogen-bond donors (Lipinski definition) is 1. The van der Waals surface area contributed by atoms with Crippen LogP contribution in [0.1, 0.15) is 29.5 Å². The fourth-order valence-electron chi connectivity index (χ4n) is 3.62. The smallest absolute Gasteiger partial charge is 0.339 e. The number of benzene rings is 2. The SMILES string of the molecule is Cc1ccc(S(=O)(=O)NCCC(=O)Oc2cc3oc(=O)c4c(c3cc2Cl)CCC4)cc1. The Labute approximate surface area is 184 Å². The van der Waals surface area contributed by atoms with Crippen LogP contribution in [0.3, 0.4) is 0 Å². The minimum absolute atomic E-state index is 0.0571. The van der Waals surface area contributed by atoms with Crippen LogP contribution >= 0.6 is 11.6 Å². The second-order valence-electron chi connectivity index (χ2n) is 7.41. The maximum Gasteiger partial charge on any atom is 0.339 e. The molecule has 1 aliphatic rings. The summed E-state index contributed by atoms with van der Waals surface area (Å²) in [4.78, 5) is 24.5. The lowest BCUT2D eigenvalue weighted by Gasteiger charge is -2.10. The van der Waals surface area contributed by atoms with E-state index in [1.807, 2.05) is 6.92 Å².